The van der Waals surface area contributed by atoms with E-state index in [0.29, 0.717) is 21.2 Å². The van der Waals surface area contributed by atoms with Gasteiger partial charge in [-0.3, -0.25) is 0 Å². The van der Waals surface area contributed by atoms with Crippen molar-refractivity contribution in [2.45, 2.75) is 6.61 Å². The second-order valence-electron chi connectivity index (χ2n) is 4.83. The highest BCUT2D eigenvalue weighted by molar-refractivity contribution is 7.12. The summed E-state index contributed by atoms with van der Waals surface area (Å²) in [5.41, 5.74) is 1.13. The third-order valence-corrected chi connectivity index (χ3v) is 5.68. The highest BCUT2D eigenvalue weighted by atomic mass is 35.5. The van der Waals surface area contributed by atoms with Gasteiger partial charge in [0.15, 0.2) is 0 Å². The van der Waals surface area contributed by atoms with E-state index >= 15 is 0 Å². The van der Waals surface area contributed by atoms with E-state index in [2.05, 4.69) is 0 Å². The number of carbonyl (C=O) groups is 1. The lowest BCUT2D eigenvalue weighted by Gasteiger charge is -2.10. The Bertz CT molecular complexity index is 833. The molecule has 0 fully saturated rings. The van der Waals surface area contributed by atoms with Gasteiger partial charge in [0.05, 0.1) is 5.57 Å². The van der Waals surface area contributed by atoms with E-state index < -0.39 is 5.97 Å². The lowest BCUT2D eigenvalue weighted by atomic mass is 10.2. The highest BCUT2D eigenvalue weighted by Crippen LogP contribution is 2.28. The highest BCUT2D eigenvalue weighted by Gasteiger charge is 2.17. The van der Waals surface area contributed by atoms with Crippen LogP contribution in [0.3, 0.4) is 0 Å². The summed E-state index contributed by atoms with van der Waals surface area (Å²) in [6, 6.07) is 12.9. The van der Waals surface area contributed by atoms with Crippen LogP contribution in [0, 0.1) is 0 Å². The molecule has 0 unspecified atom stereocenters. The molecule has 0 aliphatic carbocycles. The molecule has 3 rings (SSSR count). The van der Waals surface area contributed by atoms with Crippen LogP contribution in [-0.4, -0.2) is 5.97 Å². The van der Waals surface area contributed by atoms with Crippen LogP contribution in [-0.2, 0) is 16.1 Å². The maximum atomic E-state index is 12.6. The minimum atomic E-state index is -0.401. The van der Waals surface area contributed by atoms with Gasteiger partial charge in [-0.15, -0.1) is 22.7 Å². The van der Waals surface area contributed by atoms with Crippen LogP contribution in [0.4, 0.5) is 0 Å². The number of thiophene rings is 2. The maximum Gasteiger partial charge on any atom is 0.339 e. The Labute approximate surface area is 157 Å². The molecule has 0 N–H and O–H groups in total. The van der Waals surface area contributed by atoms with E-state index in [1.54, 1.807) is 29.5 Å². The molecule has 0 atom stereocenters. The first-order valence-electron chi connectivity index (χ1n) is 7.04. The first-order valence-corrected chi connectivity index (χ1v) is 9.56. The topological polar surface area (TPSA) is 26.3 Å². The molecule has 0 saturated heterocycles. The number of rotatable bonds is 5. The van der Waals surface area contributed by atoms with Crippen molar-refractivity contribution in [3.8, 4) is 0 Å². The van der Waals surface area contributed by atoms with Crippen LogP contribution < -0.4 is 0 Å². The van der Waals surface area contributed by atoms with E-state index in [-0.39, 0.29) is 6.61 Å². The molecule has 0 aliphatic rings. The zero-order valence-electron chi connectivity index (χ0n) is 12.4. The fourth-order valence-corrected chi connectivity index (χ4v) is 3.96. The van der Waals surface area contributed by atoms with Gasteiger partial charge in [-0.2, -0.15) is 0 Å². The number of hydrogen-bond donors (Lipinski definition) is 0. The van der Waals surface area contributed by atoms with Gasteiger partial charge in [0.2, 0.25) is 0 Å². The molecule has 6 heteroatoms. The summed E-state index contributed by atoms with van der Waals surface area (Å²) in [6.07, 6.45) is 1.84. The number of carbonyl (C=O) groups excluding carboxylic acids is 1. The largest absolute Gasteiger partial charge is 0.457 e. The fourth-order valence-electron chi connectivity index (χ4n) is 2.06. The van der Waals surface area contributed by atoms with Gasteiger partial charge in [-0.1, -0.05) is 41.4 Å². The minimum Gasteiger partial charge on any atom is -0.457 e. The Kier molecular flexibility index (Phi) is 5.74. The summed E-state index contributed by atoms with van der Waals surface area (Å²) in [5.74, 6) is -0.401. The van der Waals surface area contributed by atoms with Gasteiger partial charge in [0, 0.05) is 25.4 Å². The number of ether oxygens (including phenoxy) is 1. The quantitative estimate of drug-likeness (QED) is 0.369. The second-order valence-corrected chi connectivity index (χ2v) is 7.57. The molecule has 0 amide bonds. The summed E-state index contributed by atoms with van der Waals surface area (Å²) in [4.78, 5) is 14.5. The summed E-state index contributed by atoms with van der Waals surface area (Å²) in [5, 5.41) is 4.85. The smallest absolute Gasteiger partial charge is 0.339 e. The Morgan fingerprint density at radius 3 is 2.33 bits per heavy atom. The normalized spacial score (nSPS) is 11.5. The molecule has 0 bridgehead atoms. The molecule has 1 aromatic carbocycles. The van der Waals surface area contributed by atoms with Gasteiger partial charge in [-0.25, -0.2) is 4.79 Å². The van der Waals surface area contributed by atoms with Crippen molar-refractivity contribution in [1.29, 1.82) is 0 Å². The van der Waals surface area contributed by atoms with Gasteiger partial charge < -0.3 is 4.74 Å². The zero-order chi connectivity index (χ0) is 16.9. The number of hydrogen-bond acceptors (Lipinski definition) is 4. The Morgan fingerprint density at radius 2 is 1.71 bits per heavy atom. The standard InChI is InChI=1S/C18H12Cl2O2S2/c19-15-5-1-6-16(20)14(15)11-22-18(21)13(17-7-3-9-24-17)10-12-4-2-8-23-12/h1-10H,11H2/b13-10+. The van der Waals surface area contributed by atoms with E-state index in [9.17, 15) is 4.79 Å². The number of esters is 1. The van der Waals surface area contributed by atoms with E-state index in [1.165, 1.54) is 11.3 Å². The molecule has 0 spiro atoms. The van der Waals surface area contributed by atoms with Gasteiger partial charge in [-0.05, 0) is 41.1 Å². The maximum absolute atomic E-state index is 12.6. The lowest BCUT2D eigenvalue weighted by molar-refractivity contribution is -0.137. The van der Waals surface area contributed by atoms with E-state index in [4.69, 9.17) is 27.9 Å². The minimum absolute atomic E-state index is 0.0322. The van der Waals surface area contributed by atoms with Gasteiger partial charge in [0.25, 0.3) is 0 Å². The molecular formula is C18H12Cl2O2S2. The van der Waals surface area contributed by atoms with Crippen LogP contribution in [0.5, 0.6) is 0 Å². The van der Waals surface area contributed by atoms with Crippen LogP contribution in [0.2, 0.25) is 10.0 Å². The Hall–Kier alpha value is -1.59. The summed E-state index contributed by atoms with van der Waals surface area (Å²) in [6.45, 7) is 0.0322. The molecule has 2 nitrogen and oxygen atoms in total. The molecule has 0 saturated carbocycles. The van der Waals surface area contributed by atoms with Crippen molar-refractivity contribution in [2.75, 3.05) is 0 Å². The van der Waals surface area contributed by atoms with Crippen LogP contribution in [0.25, 0.3) is 11.6 Å². The summed E-state index contributed by atoms with van der Waals surface area (Å²) in [7, 11) is 0. The Morgan fingerprint density at radius 1 is 1.00 bits per heavy atom. The fraction of sp³-hybridized carbons (Fsp3) is 0.0556. The lowest BCUT2D eigenvalue weighted by Crippen LogP contribution is -2.07. The molecule has 2 heterocycles. The van der Waals surface area contributed by atoms with Crippen LogP contribution in [0.15, 0.2) is 53.2 Å². The summed E-state index contributed by atoms with van der Waals surface area (Å²) < 4.78 is 5.46. The third kappa shape index (κ3) is 4.08. The first kappa shape index (κ1) is 17.2. The predicted octanol–water partition coefficient (Wildman–Crippen LogP) is 6.40. The molecule has 3 aromatic rings. The van der Waals surface area contributed by atoms with Crippen molar-refractivity contribution < 1.29 is 9.53 Å². The predicted molar refractivity (Wildman–Crippen MR) is 103 cm³/mol. The average molecular weight is 395 g/mol. The SMILES string of the molecule is O=C(OCc1c(Cl)cccc1Cl)/C(=C/c1cccs1)c1cccs1. The average Bonchev–Trinajstić information content (AvgIpc) is 3.25. The van der Waals surface area contributed by atoms with E-state index in [1.807, 2.05) is 41.1 Å². The molecule has 0 radical (unpaired) electrons. The third-order valence-electron chi connectivity index (χ3n) is 3.25. The van der Waals surface area contributed by atoms with Crippen molar-refractivity contribution in [1.82, 2.24) is 0 Å². The molecule has 2 aromatic heterocycles. The first-order chi connectivity index (χ1) is 11.6. The zero-order valence-corrected chi connectivity index (χ0v) is 15.5. The van der Waals surface area contributed by atoms with Crippen molar-refractivity contribution in [3.05, 3.63) is 78.6 Å². The van der Waals surface area contributed by atoms with Crippen molar-refractivity contribution in [2.24, 2.45) is 0 Å². The van der Waals surface area contributed by atoms with Crippen LogP contribution >= 0.6 is 45.9 Å². The van der Waals surface area contributed by atoms with Crippen molar-refractivity contribution in [3.63, 3.8) is 0 Å². The molecule has 122 valence electrons. The number of halogens is 2. The molecule has 0 aliphatic heterocycles. The number of benzene rings is 1. The molecular weight excluding hydrogens is 383 g/mol. The monoisotopic (exact) mass is 394 g/mol. The van der Waals surface area contributed by atoms with E-state index in [0.717, 1.165) is 9.75 Å². The van der Waals surface area contributed by atoms with Crippen molar-refractivity contribution >= 4 is 63.5 Å². The summed E-state index contributed by atoms with van der Waals surface area (Å²) >= 11 is 15.3. The van der Waals surface area contributed by atoms with Gasteiger partial charge >= 0.3 is 5.97 Å². The second kappa shape index (κ2) is 7.99. The Balaban J connectivity index is 1.82. The van der Waals surface area contributed by atoms with Crippen LogP contribution in [0.1, 0.15) is 15.3 Å². The molecule has 24 heavy (non-hydrogen) atoms. The van der Waals surface area contributed by atoms with Gasteiger partial charge in [0.1, 0.15) is 6.61 Å².